The molecule has 52 valence electrons. The zero-order chi connectivity index (χ0) is 6.97. The van der Waals surface area contributed by atoms with Crippen LogP contribution >= 0.6 is 0 Å². The summed E-state index contributed by atoms with van der Waals surface area (Å²) < 4.78 is 15.0. The van der Waals surface area contributed by atoms with Crippen molar-refractivity contribution in [2.75, 3.05) is 7.11 Å². The van der Waals surface area contributed by atoms with Crippen LogP contribution in [0.15, 0.2) is 27.2 Å². The monoisotopic (exact) mass is 138 g/mol. The van der Waals surface area contributed by atoms with E-state index < -0.39 is 0 Å². The zero-order valence-electron chi connectivity index (χ0n) is 5.46. The van der Waals surface area contributed by atoms with E-state index in [-0.39, 0.29) is 0 Å². The van der Waals surface area contributed by atoms with Crippen LogP contribution in [-0.2, 0) is 0 Å². The van der Waals surface area contributed by atoms with Crippen molar-refractivity contribution < 1.29 is 13.6 Å². The van der Waals surface area contributed by atoms with Crippen LogP contribution in [0.4, 0.5) is 0 Å². The molecule has 3 nitrogen and oxygen atoms in total. The third kappa shape index (κ3) is 0.603. The molecule has 2 heterocycles. The molecule has 0 fully saturated rings. The highest BCUT2D eigenvalue weighted by Gasteiger charge is 2.04. The lowest BCUT2D eigenvalue weighted by atomic mass is 10.5. The lowest BCUT2D eigenvalue weighted by Crippen LogP contribution is -1.75. The molecule has 0 radical (unpaired) electrons. The van der Waals surface area contributed by atoms with Crippen LogP contribution in [-0.4, -0.2) is 7.11 Å². The summed E-state index contributed by atoms with van der Waals surface area (Å²) in [6, 6.07) is 3.45. The van der Waals surface area contributed by atoms with E-state index in [0.29, 0.717) is 5.95 Å². The minimum Gasteiger partial charge on any atom is -0.468 e. The van der Waals surface area contributed by atoms with E-state index in [4.69, 9.17) is 13.6 Å². The normalized spacial score (nSPS) is 10.5. The smallest absolute Gasteiger partial charge is 0.288 e. The molecule has 3 heteroatoms. The molecule has 0 aliphatic heterocycles. The van der Waals surface area contributed by atoms with Crippen molar-refractivity contribution in [2.24, 2.45) is 0 Å². The number of hydrogen-bond donors (Lipinski definition) is 0. The van der Waals surface area contributed by atoms with E-state index in [1.165, 1.54) is 0 Å². The minimum absolute atomic E-state index is 0.481. The van der Waals surface area contributed by atoms with Gasteiger partial charge in [-0.15, -0.1) is 0 Å². The fourth-order valence-corrected chi connectivity index (χ4v) is 0.844. The largest absolute Gasteiger partial charge is 0.468 e. The number of hydrogen-bond acceptors (Lipinski definition) is 3. The molecule has 0 spiro atoms. The molecule has 0 aliphatic rings. The average molecular weight is 138 g/mol. The lowest BCUT2D eigenvalue weighted by Gasteiger charge is -1.86. The molecule has 0 aliphatic carbocycles. The molecule has 0 amide bonds. The first-order valence-electron chi connectivity index (χ1n) is 2.91. The Bertz CT molecular complexity index is 303. The average Bonchev–Trinajstić information content (AvgIpc) is 2.42. The van der Waals surface area contributed by atoms with E-state index in [2.05, 4.69) is 0 Å². The Kier molecular flexibility index (Phi) is 0.974. The first-order valence-corrected chi connectivity index (χ1v) is 2.91. The number of methoxy groups -OCH3 is 1. The van der Waals surface area contributed by atoms with Crippen LogP contribution in [0, 0.1) is 0 Å². The molecular formula is C7H6O3. The highest BCUT2D eigenvalue weighted by Crippen LogP contribution is 2.24. The summed E-state index contributed by atoms with van der Waals surface area (Å²) >= 11 is 0. The Labute approximate surface area is 57.2 Å². The van der Waals surface area contributed by atoms with Gasteiger partial charge in [0.05, 0.1) is 19.4 Å². The first-order chi connectivity index (χ1) is 4.90. The van der Waals surface area contributed by atoms with E-state index >= 15 is 0 Å². The van der Waals surface area contributed by atoms with Crippen LogP contribution in [0.5, 0.6) is 5.95 Å². The second-order valence-corrected chi connectivity index (χ2v) is 1.92. The van der Waals surface area contributed by atoms with Crippen LogP contribution in [0.1, 0.15) is 0 Å². The van der Waals surface area contributed by atoms with E-state index in [1.807, 2.05) is 0 Å². The molecule has 0 saturated heterocycles. The second-order valence-electron chi connectivity index (χ2n) is 1.92. The van der Waals surface area contributed by atoms with Gasteiger partial charge in [-0.3, -0.25) is 0 Å². The van der Waals surface area contributed by atoms with Crippen molar-refractivity contribution in [2.45, 2.75) is 0 Å². The van der Waals surface area contributed by atoms with E-state index in [0.717, 1.165) is 11.2 Å². The molecule has 0 atom stereocenters. The van der Waals surface area contributed by atoms with Gasteiger partial charge in [-0.1, -0.05) is 0 Å². The summed E-state index contributed by atoms with van der Waals surface area (Å²) in [6.45, 7) is 0. The standard InChI is InChI=1S/C7H6O3/c1-8-7-4-6-5(10-7)2-3-9-6/h2-4H,1H3. The summed E-state index contributed by atoms with van der Waals surface area (Å²) in [5, 5.41) is 0. The van der Waals surface area contributed by atoms with Crippen molar-refractivity contribution in [3.8, 4) is 5.95 Å². The number of rotatable bonds is 1. The molecule has 10 heavy (non-hydrogen) atoms. The quantitative estimate of drug-likeness (QED) is 0.604. The van der Waals surface area contributed by atoms with Gasteiger partial charge >= 0.3 is 0 Å². The van der Waals surface area contributed by atoms with Crippen molar-refractivity contribution in [1.29, 1.82) is 0 Å². The zero-order valence-corrected chi connectivity index (χ0v) is 5.46. The van der Waals surface area contributed by atoms with Gasteiger partial charge in [-0.25, -0.2) is 0 Å². The molecule has 0 saturated carbocycles. The Morgan fingerprint density at radius 3 is 3.00 bits per heavy atom. The van der Waals surface area contributed by atoms with Gasteiger partial charge in [0.15, 0.2) is 11.2 Å². The second kappa shape index (κ2) is 1.80. The van der Waals surface area contributed by atoms with Gasteiger partial charge in [-0.2, -0.15) is 0 Å². The van der Waals surface area contributed by atoms with Crippen molar-refractivity contribution in [3.05, 3.63) is 18.4 Å². The highest BCUT2D eigenvalue weighted by molar-refractivity contribution is 5.71. The first kappa shape index (κ1) is 5.41. The van der Waals surface area contributed by atoms with Crippen molar-refractivity contribution in [3.63, 3.8) is 0 Å². The maximum atomic E-state index is 5.14. The van der Waals surface area contributed by atoms with Crippen molar-refractivity contribution >= 4 is 11.2 Å². The SMILES string of the molecule is COc1cc2occc2o1. The lowest BCUT2D eigenvalue weighted by molar-refractivity contribution is 0.315. The fraction of sp³-hybridized carbons (Fsp3) is 0.143. The number of furan rings is 2. The molecule has 2 aromatic rings. The van der Waals surface area contributed by atoms with Gasteiger partial charge in [0.2, 0.25) is 0 Å². The molecule has 2 rings (SSSR count). The highest BCUT2D eigenvalue weighted by atomic mass is 16.6. The third-order valence-corrected chi connectivity index (χ3v) is 1.32. The Morgan fingerprint density at radius 1 is 1.40 bits per heavy atom. The maximum Gasteiger partial charge on any atom is 0.288 e. The molecule has 0 aromatic carbocycles. The molecule has 0 unspecified atom stereocenters. The maximum absolute atomic E-state index is 5.14. The van der Waals surface area contributed by atoms with Gasteiger partial charge in [0.25, 0.3) is 5.95 Å². The molecular weight excluding hydrogens is 132 g/mol. The van der Waals surface area contributed by atoms with Crippen LogP contribution in [0.25, 0.3) is 11.2 Å². The van der Waals surface area contributed by atoms with Crippen LogP contribution < -0.4 is 4.74 Å². The van der Waals surface area contributed by atoms with Crippen LogP contribution in [0.2, 0.25) is 0 Å². The van der Waals surface area contributed by atoms with Crippen molar-refractivity contribution in [1.82, 2.24) is 0 Å². The minimum atomic E-state index is 0.481. The van der Waals surface area contributed by atoms with Gasteiger partial charge in [0, 0.05) is 6.07 Å². The Hall–Kier alpha value is -1.38. The summed E-state index contributed by atoms with van der Waals surface area (Å²) in [7, 11) is 1.55. The molecule has 0 bridgehead atoms. The Morgan fingerprint density at radius 2 is 2.30 bits per heavy atom. The number of fused-ring (bicyclic) bond motifs is 1. The fourth-order valence-electron chi connectivity index (χ4n) is 0.844. The van der Waals surface area contributed by atoms with Crippen LogP contribution in [0.3, 0.4) is 0 Å². The Balaban J connectivity index is 2.67. The number of ether oxygens (including phenoxy) is 1. The topological polar surface area (TPSA) is 35.5 Å². The molecule has 2 aromatic heterocycles. The molecule has 0 N–H and O–H groups in total. The predicted octanol–water partition coefficient (Wildman–Crippen LogP) is 2.03. The van der Waals surface area contributed by atoms with Gasteiger partial charge in [-0.05, 0) is 0 Å². The predicted molar refractivity (Wildman–Crippen MR) is 35.0 cm³/mol. The summed E-state index contributed by atoms with van der Waals surface area (Å²) in [5.74, 6) is 0.481. The summed E-state index contributed by atoms with van der Waals surface area (Å²) in [4.78, 5) is 0. The van der Waals surface area contributed by atoms with E-state index in [9.17, 15) is 0 Å². The third-order valence-electron chi connectivity index (χ3n) is 1.32. The summed E-state index contributed by atoms with van der Waals surface area (Å²) in [6.07, 6.45) is 1.58. The summed E-state index contributed by atoms with van der Waals surface area (Å²) in [5.41, 5.74) is 1.44. The van der Waals surface area contributed by atoms with Gasteiger partial charge in [0.1, 0.15) is 0 Å². The van der Waals surface area contributed by atoms with Gasteiger partial charge < -0.3 is 13.6 Å². The van der Waals surface area contributed by atoms with E-state index in [1.54, 1.807) is 25.5 Å².